The Morgan fingerprint density at radius 3 is 2.81 bits per heavy atom. The molecule has 1 aliphatic rings. The molecule has 2 atom stereocenters. The highest BCUT2D eigenvalue weighted by Crippen LogP contribution is 2.41. The summed E-state index contributed by atoms with van der Waals surface area (Å²) in [5.74, 6) is -0.159. The third-order valence-corrected chi connectivity index (χ3v) is 3.27. The van der Waals surface area contributed by atoms with Crippen molar-refractivity contribution in [2.24, 2.45) is 0 Å². The molecule has 4 heteroatoms. The molecular weight excluding hydrogens is 226 g/mol. The topological polar surface area (TPSA) is 49.3 Å². The molecular formula is C12H14ClNO2. The maximum atomic E-state index is 11.7. The maximum Gasteiger partial charge on any atom is 0.232 e. The van der Waals surface area contributed by atoms with E-state index < -0.39 is 6.10 Å². The van der Waals surface area contributed by atoms with Crippen molar-refractivity contribution < 1.29 is 9.90 Å². The van der Waals surface area contributed by atoms with Gasteiger partial charge in [0.05, 0.1) is 22.7 Å². The van der Waals surface area contributed by atoms with E-state index in [1.165, 1.54) is 0 Å². The van der Waals surface area contributed by atoms with Gasteiger partial charge in [0.2, 0.25) is 5.91 Å². The van der Waals surface area contributed by atoms with E-state index in [9.17, 15) is 9.90 Å². The van der Waals surface area contributed by atoms with Crippen molar-refractivity contribution >= 4 is 23.2 Å². The van der Waals surface area contributed by atoms with Gasteiger partial charge in [-0.1, -0.05) is 24.6 Å². The van der Waals surface area contributed by atoms with Gasteiger partial charge in [-0.15, -0.1) is 0 Å². The van der Waals surface area contributed by atoms with Crippen LogP contribution in [0.1, 0.15) is 43.4 Å². The van der Waals surface area contributed by atoms with E-state index >= 15 is 0 Å². The molecule has 0 saturated heterocycles. The Bertz CT molecular complexity index is 443. The van der Waals surface area contributed by atoms with Gasteiger partial charge >= 0.3 is 0 Å². The number of carbonyl (C=O) groups is 1. The van der Waals surface area contributed by atoms with Gasteiger partial charge in [-0.3, -0.25) is 4.79 Å². The fraction of sp³-hybridized carbons (Fsp3) is 0.417. The first-order chi connectivity index (χ1) is 7.54. The van der Waals surface area contributed by atoms with Crippen molar-refractivity contribution in [1.29, 1.82) is 0 Å². The standard InChI is InChI=1S/C12H14ClNO2/c1-3-8-9-4-7(6(2)15)5-10(13)11(9)14-12(8)16/h4-6,8,15H,3H2,1-2H3,(H,14,16). The summed E-state index contributed by atoms with van der Waals surface area (Å²) in [5, 5.41) is 12.8. The molecule has 0 fully saturated rings. The lowest BCUT2D eigenvalue weighted by Crippen LogP contribution is -2.10. The smallest absolute Gasteiger partial charge is 0.232 e. The average molecular weight is 240 g/mol. The van der Waals surface area contributed by atoms with Crippen LogP contribution in [0.25, 0.3) is 0 Å². The third-order valence-electron chi connectivity index (χ3n) is 2.97. The van der Waals surface area contributed by atoms with Crippen molar-refractivity contribution in [3.63, 3.8) is 0 Å². The number of anilines is 1. The zero-order chi connectivity index (χ0) is 11.9. The summed E-state index contributed by atoms with van der Waals surface area (Å²) in [6.07, 6.45) is 0.161. The van der Waals surface area contributed by atoms with Crippen molar-refractivity contribution in [2.45, 2.75) is 32.3 Å². The predicted octanol–water partition coefficient (Wildman–Crippen LogP) is 2.84. The molecule has 16 heavy (non-hydrogen) atoms. The molecule has 1 aromatic rings. The number of fused-ring (bicyclic) bond motifs is 1. The number of halogens is 1. The number of aliphatic hydroxyl groups is 1. The van der Waals surface area contributed by atoms with Crippen molar-refractivity contribution in [3.05, 3.63) is 28.3 Å². The summed E-state index contributed by atoms with van der Waals surface area (Å²) in [4.78, 5) is 11.7. The Balaban J connectivity index is 2.55. The van der Waals surface area contributed by atoms with Crippen molar-refractivity contribution in [1.82, 2.24) is 0 Å². The molecule has 3 nitrogen and oxygen atoms in total. The Hall–Kier alpha value is -1.06. The van der Waals surface area contributed by atoms with Crippen LogP contribution >= 0.6 is 11.6 Å². The Morgan fingerprint density at radius 1 is 1.56 bits per heavy atom. The maximum absolute atomic E-state index is 11.7. The van der Waals surface area contributed by atoms with Crippen LogP contribution in [0.3, 0.4) is 0 Å². The molecule has 0 aromatic heterocycles. The van der Waals surface area contributed by atoms with Gasteiger partial charge in [0, 0.05) is 0 Å². The predicted molar refractivity (Wildman–Crippen MR) is 63.7 cm³/mol. The van der Waals surface area contributed by atoms with Crippen molar-refractivity contribution in [3.8, 4) is 0 Å². The first-order valence-corrected chi connectivity index (χ1v) is 5.74. The summed E-state index contributed by atoms with van der Waals surface area (Å²) >= 11 is 6.08. The molecule has 1 aliphatic heterocycles. The lowest BCUT2D eigenvalue weighted by atomic mass is 9.95. The SMILES string of the molecule is CCC1C(=O)Nc2c(Cl)cc(C(C)O)cc21. The van der Waals surface area contributed by atoms with E-state index in [1.807, 2.05) is 13.0 Å². The van der Waals surface area contributed by atoms with E-state index in [0.717, 1.165) is 17.5 Å². The van der Waals surface area contributed by atoms with E-state index in [-0.39, 0.29) is 11.8 Å². The van der Waals surface area contributed by atoms with Gasteiger partial charge in [-0.2, -0.15) is 0 Å². The van der Waals surface area contributed by atoms with Crippen LogP contribution in [0.4, 0.5) is 5.69 Å². The molecule has 2 N–H and O–H groups in total. The minimum Gasteiger partial charge on any atom is -0.389 e. The van der Waals surface area contributed by atoms with Gasteiger partial charge in [-0.05, 0) is 30.5 Å². The quantitative estimate of drug-likeness (QED) is 0.834. The number of amides is 1. The van der Waals surface area contributed by atoms with E-state index in [2.05, 4.69) is 5.32 Å². The largest absolute Gasteiger partial charge is 0.389 e. The van der Waals surface area contributed by atoms with E-state index in [0.29, 0.717) is 10.7 Å². The van der Waals surface area contributed by atoms with Gasteiger partial charge in [0.1, 0.15) is 0 Å². The number of carbonyl (C=O) groups excluding carboxylic acids is 1. The Kier molecular flexibility index (Phi) is 2.91. The second-order valence-corrected chi connectivity index (χ2v) is 4.50. The second kappa shape index (κ2) is 4.07. The van der Waals surface area contributed by atoms with Crippen LogP contribution in [0.5, 0.6) is 0 Å². The lowest BCUT2D eigenvalue weighted by Gasteiger charge is -2.11. The fourth-order valence-electron chi connectivity index (χ4n) is 2.05. The molecule has 0 saturated carbocycles. The zero-order valence-corrected chi connectivity index (χ0v) is 10.0. The lowest BCUT2D eigenvalue weighted by molar-refractivity contribution is -0.117. The van der Waals surface area contributed by atoms with Crippen LogP contribution in [0.2, 0.25) is 5.02 Å². The number of benzene rings is 1. The third kappa shape index (κ3) is 1.70. The first kappa shape index (κ1) is 11.4. The van der Waals surface area contributed by atoms with Crippen LogP contribution in [0, 0.1) is 0 Å². The van der Waals surface area contributed by atoms with Crippen LogP contribution < -0.4 is 5.32 Å². The summed E-state index contributed by atoms with van der Waals surface area (Å²) in [5.41, 5.74) is 2.34. The first-order valence-electron chi connectivity index (χ1n) is 5.36. The highest BCUT2D eigenvalue weighted by Gasteiger charge is 2.31. The number of rotatable bonds is 2. The van der Waals surface area contributed by atoms with Gasteiger partial charge < -0.3 is 10.4 Å². The minimum absolute atomic E-state index is 0.0119. The van der Waals surface area contributed by atoms with Crippen LogP contribution in [0.15, 0.2) is 12.1 Å². The zero-order valence-electron chi connectivity index (χ0n) is 9.25. The molecule has 1 heterocycles. The fourth-order valence-corrected chi connectivity index (χ4v) is 2.34. The highest BCUT2D eigenvalue weighted by atomic mass is 35.5. The van der Waals surface area contributed by atoms with E-state index in [1.54, 1.807) is 13.0 Å². The second-order valence-electron chi connectivity index (χ2n) is 4.09. The summed E-state index contributed by atoms with van der Waals surface area (Å²) in [6.45, 7) is 3.64. The Labute approximate surface area is 99.4 Å². The molecule has 0 radical (unpaired) electrons. The molecule has 0 spiro atoms. The summed E-state index contributed by atoms with van der Waals surface area (Å²) in [6, 6.07) is 3.56. The Morgan fingerprint density at radius 2 is 2.25 bits per heavy atom. The number of hydrogen-bond donors (Lipinski definition) is 2. The molecule has 0 bridgehead atoms. The van der Waals surface area contributed by atoms with Gasteiger partial charge in [-0.25, -0.2) is 0 Å². The minimum atomic E-state index is -0.573. The van der Waals surface area contributed by atoms with Crippen LogP contribution in [-0.4, -0.2) is 11.0 Å². The van der Waals surface area contributed by atoms with Crippen LogP contribution in [-0.2, 0) is 4.79 Å². The normalized spacial score (nSPS) is 20.5. The molecule has 86 valence electrons. The van der Waals surface area contributed by atoms with Crippen molar-refractivity contribution in [2.75, 3.05) is 5.32 Å². The molecule has 2 rings (SSSR count). The molecule has 1 amide bonds. The highest BCUT2D eigenvalue weighted by molar-refractivity contribution is 6.34. The molecule has 2 unspecified atom stereocenters. The monoisotopic (exact) mass is 239 g/mol. The molecule has 0 aliphatic carbocycles. The summed E-state index contributed by atoms with van der Waals surface area (Å²) < 4.78 is 0. The molecule has 1 aromatic carbocycles. The van der Waals surface area contributed by atoms with Gasteiger partial charge in [0.15, 0.2) is 0 Å². The van der Waals surface area contributed by atoms with E-state index in [4.69, 9.17) is 11.6 Å². The average Bonchev–Trinajstić information content (AvgIpc) is 2.54. The number of nitrogens with one attached hydrogen (secondary N) is 1. The van der Waals surface area contributed by atoms with Gasteiger partial charge in [0.25, 0.3) is 0 Å². The number of aliphatic hydroxyl groups excluding tert-OH is 1. The summed E-state index contributed by atoms with van der Waals surface area (Å²) in [7, 11) is 0. The number of hydrogen-bond acceptors (Lipinski definition) is 2.